The summed E-state index contributed by atoms with van der Waals surface area (Å²) in [6.45, 7) is 0. The van der Waals surface area contributed by atoms with E-state index < -0.39 is 18.0 Å². The summed E-state index contributed by atoms with van der Waals surface area (Å²) in [5, 5.41) is -0.225. The number of methoxy groups -OCH3 is 2. The predicted molar refractivity (Wildman–Crippen MR) is 52.1 cm³/mol. The van der Waals surface area contributed by atoms with Crippen molar-refractivity contribution < 1.29 is 23.0 Å². The number of pyridine rings is 1. The lowest BCUT2D eigenvalue weighted by molar-refractivity contribution is 0.0588. The molecule has 1 aromatic rings. The van der Waals surface area contributed by atoms with Gasteiger partial charge in [-0.25, -0.2) is 18.6 Å². The third kappa shape index (κ3) is 2.38. The number of carbonyl (C=O) groups excluding carboxylic acids is 1. The molecule has 0 unspecified atom stereocenters. The first kappa shape index (κ1) is 12.6. The minimum absolute atomic E-state index is 0.225. The molecule has 0 bridgehead atoms. The number of aromatic nitrogens is 1. The van der Waals surface area contributed by atoms with Crippen molar-refractivity contribution in [2.45, 2.75) is 6.43 Å². The van der Waals surface area contributed by atoms with Crippen LogP contribution >= 0.6 is 11.6 Å². The Morgan fingerprint density at radius 1 is 1.50 bits per heavy atom. The van der Waals surface area contributed by atoms with Gasteiger partial charge in [-0.05, 0) is 6.07 Å². The number of halogens is 3. The number of carbonyl (C=O) groups is 1. The topological polar surface area (TPSA) is 48.4 Å². The molecule has 88 valence electrons. The number of rotatable bonds is 3. The summed E-state index contributed by atoms with van der Waals surface area (Å²) in [5.74, 6) is -1.22. The maximum absolute atomic E-state index is 12.6. The summed E-state index contributed by atoms with van der Waals surface area (Å²) in [5.41, 5.74) is -0.865. The van der Waals surface area contributed by atoms with E-state index in [2.05, 4.69) is 9.72 Å². The van der Waals surface area contributed by atoms with Gasteiger partial charge >= 0.3 is 5.97 Å². The second-order valence-electron chi connectivity index (χ2n) is 2.71. The van der Waals surface area contributed by atoms with Gasteiger partial charge in [-0.1, -0.05) is 11.6 Å². The monoisotopic (exact) mass is 251 g/mol. The van der Waals surface area contributed by atoms with Gasteiger partial charge in [0, 0.05) is 0 Å². The van der Waals surface area contributed by atoms with Crippen LogP contribution in [0, 0.1) is 0 Å². The normalized spacial score (nSPS) is 10.4. The van der Waals surface area contributed by atoms with E-state index in [1.54, 1.807) is 0 Å². The van der Waals surface area contributed by atoms with E-state index in [0.717, 1.165) is 20.3 Å². The molecule has 0 saturated carbocycles. The number of ether oxygens (including phenoxy) is 2. The molecule has 0 aromatic carbocycles. The van der Waals surface area contributed by atoms with Crippen molar-refractivity contribution in [2.24, 2.45) is 0 Å². The SMILES string of the molecule is COC(=O)c1nc(Cl)cc(C(F)F)c1OC. The van der Waals surface area contributed by atoms with Gasteiger partial charge < -0.3 is 9.47 Å². The molecule has 7 heteroatoms. The van der Waals surface area contributed by atoms with E-state index in [1.165, 1.54) is 0 Å². The molecule has 0 spiro atoms. The zero-order chi connectivity index (χ0) is 12.3. The molecule has 0 aliphatic carbocycles. The summed E-state index contributed by atoms with van der Waals surface area (Å²) < 4.78 is 34.3. The highest BCUT2D eigenvalue weighted by Gasteiger charge is 2.24. The van der Waals surface area contributed by atoms with Gasteiger partial charge in [0.2, 0.25) is 0 Å². The molecule has 0 amide bonds. The quantitative estimate of drug-likeness (QED) is 0.612. The summed E-state index contributed by atoms with van der Waals surface area (Å²) >= 11 is 5.52. The third-order valence-electron chi connectivity index (χ3n) is 1.79. The highest BCUT2D eigenvalue weighted by Crippen LogP contribution is 2.33. The average Bonchev–Trinajstić information content (AvgIpc) is 2.26. The molecule has 16 heavy (non-hydrogen) atoms. The lowest BCUT2D eigenvalue weighted by atomic mass is 10.2. The van der Waals surface area contributed by atoms with Gasteiger partial charge in [0.05, 0.1) is 19.8 Å². The Labute approximate surface area is 95.1 Å². The molecule has 1 rings (SSSR count). The van der Waals surface area contributed by atoms with Gasteiger partial charge in [0.25, 0.3) is 6.43 Å². The Morgan fingerprint density at radius 2 is 2.12 bits per heavy atom. The van der Waals surface area contributed by atoms with Crippen molar-refractivity contribution in [3.05, 3.63) is 22.5 Å². The fraction of sp³-hybridized carbons (Fsp3) is 0.333. The molecular weight excluding hydrogens is 244 g/mol. The van der Waals surface area contributed by atoms with Crippen molar-refractivity contribution in [1.29, 1.82) is 0 Å². The molecule has 0 fully saturated rings. The van der Waals surface area contributed by atoms with Crippen LogP contribution in [-0.4, -0.2) is 25.2 Å². The van der Waals surface area contributed by atoms with Gasteiger partial charge in [-0.3, -0.25) is 0 Å². The van der Waals surface area contributed by atoms with Gasteiger partial charge in [-0.15, -0.1) is 0 Å². The average molecular weight is 252 g/mol. The second-order valence-corrected chi connectivity index (χ2v) is 3.10. The molecule has 0 aliphatic rings. The fourth-order valence-corrected chi connectivity index (χ4v) is 1.33. The predicted octanol–water partition coefficient (Wildman–Crippen LogP) is 2.47. The first-order valence-electron chi connectivity index (χ1n) is 4.12. The number of alkyl halides is 2. The highest BCUT2D eigenvalue weighted by atomic mass is 35.5. The summed E-state index contributed by atoms with van der Waals surface area (Å²) in [7, 11) is 2.26. The minimum atomic E-state index is -2.82. The van der Waals surface area contributed by atoms with Crippen molar-refractivity contribution in [2.75, 3.05) is 14.2 Å². The molecule has 1 aromatic heterocycles. The van der Waals surface area contributed by atoms with Crippen molar-refractivity contribution in [3.63, 3.8) is 0 Å². The third-order valence-corrected chi connectivity index (χ3v) is 1.98. The largest absolute Gasteiger partial charge is 0.494 e. The number of hydrogen-bond acceptors (Lipinski definition) is 4. The van der Waals surface area contributed by atoms with E-state index in [-0.39, 0.29) is 16.6 Å². The zero-order valence-corrected chi connectivity index (χ0v) is 9.22. The van der Waals surface area contributed by atoms with Gasteiger partial charge in [0.1, 0.15) is 5.15 Å². The molecule has 0 atom stereocenters. The van der Waals surface area contributed by atoms with E-state index >= 15 is 0 Å². The first-order valence-corrected chi connectivity index (χ1v) is 4.50. The molecule has 0 radical (unpaired) electrons. The van der Waals surface area contributed by atoms with Crippen LogP contribution in [0.5, 0.6) is 5.75 Å². The van der Waals surface area contributed by atoms with Crippen LogP contribution in [0.15, 0.2) is 6.07 Å². The fourth-order valence-electron chi connectivity index (χ4n) is 1.13. The second kappa shape index (κ2) is 5.07. The van der Waals surface area contributed by atoms with Crippen LogP contribution in [-0.2, 0) is 4.74 Å². The Bertz CT molecular complexity index is 412. The number of nitrogens with zero attached hydrogens (tertiary/aromatic N) is 1. The molecular formula is C9H8ClF2NO3. The summed E-state index contributed by atoms with van der Waals surface area (Å²) in [6.07, 6.45) is -2.82. The van der Waals surface area contributed by atoms with Crippen molar-refractivity contribution >= 4 is 17.6 Å². The molecule has 0 aliphatic heterocycles. The van der Waals surface area contributed by atoms with Crippen LogP contribution in [0.4, 0.5) is 8.78 Å². The Hall–Kier alpha value is -1.43. The Balaban J connectivity index is 3.41. The van der Waals surface area contributed by atoms with E-state index in [9.17, 15) is 13.6 Å². The number of esters is 1. The van der Waals surface area contributed by atoms with Crippen molar-refractivity contribution in [3.8, 4) is 5.75 Å². The van der Waals surface area contributed by atoms with Crippen LogP contribution in [0.1, 0.15) is 22.5 Å². The van der Waals surface area contributed by atoms with E-state index in [0.29, 0.717) is 0 Å². The maximum Gasteiger partial charge on any atom is 0.360 e. The first-order chi connectivity index (χ1) is 7.51. The van der Waals surface area contributed by atoms with Crippen LogP contribution < -0.4 is 4.74 Å². The number of hydrogen-bond donors (Lipinski definition) is 0. The Morgan fingerprint density at radius 3 is 2.56 bits per heavy atom. The standard InChI is InChI=1S/C9H8ClF2NO3/c1-15-7-4(8(11)12)3-5(10)13-6(7)9(14)16-2/h3,8H,1-2H3. The molecule has 0 N–H and O–H groups in total. The molecule has 1 heterocycles. The van der Waals surface area contributed by atoms with Crippen LogP contribution in [0.25, 0.3) is 0 Å². The van der Waals surface area contributed by atoms with Gasteiger partial charge in [-0.2, -0.15) is 0 Å². The lowest BCUT2D eigenvalue weighted by Crippen LogP contribution is -2.09. The Kier molecular flexibility index (Phi) is 4.00. The minimum Gasteiger partial charge on any atom is -0.494 e. The van der Waals surface area contributed by atoms with Crippen LogP contribution in [0.2, 0.25) is 5.15 Å². The van der Waals surface area contributed by atoms with Gasteiger partial charge in [0.15, 0.2) is 11.4 Å². The summed E-state index contributed by atoms with van der Waals surface area (Å²) in [4.78, 5) is 14.8. The van der Waals surface area contributed by atoms with E-state index in [4.69, 9.17) is 16.3 Å². The van der Waals surface area contributed by atoms with Crippen molar-refractivity contribution in [1.82, 2.24) is 4.98 Å². The van der Waals surface area contributed by atoms with Crippen LogP contribution in [0.3, 0.4) is 0 Å². The zero-order valence-electron chi connectivity index (χ0n) is 8.46. The lowest BCUT2D eigenvalue weighted by Gasteiger charge is -2.11. The highest BCUT2D eigenvalue weighted by molar-refractivity contribution is 6.29. The molecule has 0 saturated heterocycles. The summed E-state index contributed by atoms with van der Waals surface area (Å²) in [6, 6.07) is 0.942. The molecule has 4 nitrogen and oxygen atoms in total. The smallest absolute Gasteiger partial charge is 0.360 e. The maximum atomic E-state index is 12.6. The van der Waals surface area contributed by atoms with E-state index in [1.807, 2.05) is 0 Å².